The summed E-state index contributed by atoms with van der Waals surface area (Å²) in [5, 5.41) is 4.14. The predicted octanol–water partition coefficient (Wildman–Crippen LogP) is 1.32. The van der Waals surface area contributed by atoms with E-state index >= 15 is 0 Å². The third-order valence-electron chi connectivity index (χ3n) is 3.65. The number of hydrogen-bond acceptors (Lipinski definition) is 5. The van der Waals surface area contributed by atoms with Crippen molar-refractivity contribution in [3.63, 3.8) is 0 Å². The van der Waals surface area contributed by atoms with Crippen molar-refractivity contribution in [3.8, 4) is 0 Å². The number of primary amides is 1. The number of aryl methyl sites for hydroxylation is 2. The first kappa shape index (κ1) is 17.2. The van der Waals surface area contributed by atoms with Crippen LogP contribution in [0.2, 0.25) is 0 Å². The summed E-state index contributed by atoms with van der Waals surface area (Å²) in [5.74, 6) is -0.950. The number of carbonyl (C=O) groups excluding carboxylic acids is 1. The number of aromatic nitrogens is 2. The number of carbonyl (C=O) groups is 1. The van der Waals surface area contributed by atoms with Gasteiger partial charge in [0.15, 0.2) is 5.82 Å². The van der Waals surface area contributed by atoms with Gasteiger partial charge in [0, 0.05) is 30.1 Å². The normalized spacial score (nSPS) is 12.5. The van der Waals surface area contributed by atoms with Crippen LogP contribution in [-0.4, -0.2) is 21.4 Å². The van der Waals surface area contributed by atoms with Gasteiger partial charge in [0.1, 0.15) is 11.5 Å². The Morgan fingerprint density at radius 2 is 2.00 bits per heavy atom. The van der Waals surface area contributed by atoms with Crippen molar-refractivity contribution < 1.29 is 9.18 Å². The molecule has 1 aromatic heterocycles. The highest BCUT2D eigenvalue weighted by Crippen LogP contribution is 2.23. The Labute approximate surface area is 138 Å². The van der Waals surface area contributed by atoms with Crippen LogP contribution in [0.4, 0.5) is 15.9 Å². The highest BCUT2D eigenvalue weighted by Gasteiger charge is 2.12. The number of benzene rings is 1. The van der Waals surface area contributed by atoms with Crippen molar-refractivity contribution in [2.24, 2.45) is 23.5 Å². The van der Waals surface area contributed by atoms with Crippen LogP contribution in [0.25, 0.3) is 5.70 Å². The predicted molar refractivity (Wildman–Crippen MR) is 91.9 cm³/mol. The minimum atomic E-state index is -0.756. The van der Waals surface area contributed by atoms with E-state index in [9.17, 15) is 9.18 Å². The van der Waals surface area contributed by atoms with Crippen LogP contribution >= 0.6 is 0 Å². The van der Waals surface area contributed by atoms with Crippen LogP contribution in [-0.2, 0) is 11.8 Å². The molecule has 1 heterocycles. The average molecular weight is 330 g/mol. The summed E-state index contributed by atoms with van der Waals surface area (Å²) in [5.41, 5.74) is 19.0. The van der Waals surface area contributed by atoms with Crippen molar-refractivity contribution in [1.82, 2.24) is 9.78 Å². The van der Waals surface area contributed by atoms with Crippen molar-refractivity contribution >= 4 is 28.8 Å². The molecule has 0 atom stereocenters. The van der Waals surface area contributed by atoms with Gasteiger partial charge in [-0.2, -0.15) is 5.10 Å². The number of halogens is 1. The van der Waals surface area contributed by atoms with Crippen molar-refractivity contribution in [2.45, 2.75) is 13.8 Å². The maximum absolute atomic E-state index is 13.4. The van der Waals surface area contributed by atoms with Crippen LogP contribution in [0.15, 0.2) is 29.3 Å². The van der Waals surface area contributed by atoms with Gasteiger partial charge in [-0.1, -0.05) is 0 Å². The molecular formula is C16H19FN6O. The number of nitrogens with zero attached hydrogens (tertiary/aromatic N) is 3. The average Bonchev–Trinajstić information content (AvgIpc) is 2.82. The fraction of sp³-hybridized carbons (Fsp3) is 0.188. The molecule has 0 unspecified atom stereocenters. The van der Waals surface area contributed by atoms with Gasteiger partial charge >= 0.3 is 0 Å². The fourth-order valence-corrected chi connectivity index (χ4v) is 2.11. The number of aliphatic imine (C=N–C) groups is 1. The monoisotopic (exact) mass is 330 g/mol. The molecule has 0 saturated carbocycles. The van der Waals surface area contributed by atoms with Crippen LogP contribution in [0.1, 0.15) is 16.8 Å². The van der Waals surface area contributed by atoms with Gasteiger partial charge < -0.3 is 17.2 Å². The van der Waals surface area contributed by atoms with Gasteiger partial charge in [-0.3, -0.25) is 9.48 Å². The molecular weight excluding hydrogens is 311 g/mol. The van der Waals surface area contributed by atoms with E-state index in [-0.39, 0.29) is 17.1 Å². The molecule has 0 bridgehead atoms. The highest BCUT2D eigenvalue weighted by molar-refractivity contribution is 6.44. The van der Waals surface area contributed by atoms with Crippen molar-refractivity contribution in [2.75, 3.05) is 5.73 Å². The van der Waals surface area contributed by atoms with Crippen molar-refractivity contribution in [3.05, 3.63) is 46.9 Å². The highest BCUT2D eigenvalue weighted by atomic mass is 19.1. The standard InChI is InChI=1S/C16H19FN6O/c1-8-6-14(22-23(8)3)21-13(16(20)24)7-12(18)10-4-5-11(17)15(19)9(10)2/h4-7H,18-19H2,1-3H3,(H2,20,24). The molecule has 1 amide bonds. The van der Waals surface area contributed by atoms with Gasteiger partial charge in [0.25, 0.3) is 5.91 Å². The number of nitrogen functional groups attached to an aromatic ring is 1. The molecule has 0 aliphatic rings. The maximum Gasteiger partial charge on any atom is 0.267 e. The third-order valence-corrected chi connectivity index (χ3v) is 3.65. The lowest BCUT2D eigenvalue weighted by Crippen LogP contribution is -2.22. The summed E-state index contributed by atoms with van der Waals surface area (Å²) in [6.45, 7) is 3.49. The van der Waals surface area contributed by atoms with Crippen LogP contribution in [0.3, 0.4) is 0 Å². The van der Waals surface area contributed by atoms with E-state index in [2.05, 4.69) is 10.1 Å². The molecule has 6 N–H and O–H groups in total. The lowest BCUT2D eigenvalue weighted by Gasteiger charge is -2.09. The summed E-state index contributed by atoms with van der Waals surface area (Å²) in [6.07, 6.45) is 1.33. The molecule has 0 spiro atoms. The second-order valence-electron chi connectivity index (χ2n) is 5.36. The zero-order valence-corrected chi connectivity index (χ0v) is 13.7. The summed E-state index contributed by atoms with van der Waals surface area (Å²) in [7, 11) is 1.76. The van der Waals surface area contributed by atoms with E-state index in [0.717, 1.165) is 5.69 Å². The number of amides is 1. The first-order valence-electron chi connectivity index (χ1n) is 7.12. The molecule has 0 fully saturated rings. The largest absolute Gasteiger partial charge is 0.398 e. The second-order valence-corrected chi connectivity index (χ2v) is 5.36. The summed E-state index contributed by atoms with van der Waals surface area (Å²) >= 11 is 0. The number of hydrogen-bond donors (Lipinski definition) is 3. The molecule has 24 heavy (non-hydrogen) atoms. The first-order valence-corrected chi connectivity index (χ1v) is 7.12. The minimum absolute atomic E-state index is 0.00163. The Bertz CT molecular complexity index is 846. The molecule has 0 aliphatic carbocycles. The first-order chi connectivity index (χ1) is 11.2. The van der Waals surface area contributed by atoms with E-state index < -0.39 is 11.7 Å². The Balaban J connectivity index is 2.48. The van der Waals surface area contributed by atoms with E-state index in [0.29, 0.717) is 16.9 Å². The third kappa shape index (κ3) is 3.43. The van der Waals surface area contributed by atoms with E-state index in [1.807, 2.05) is 6.92 Å². The van der Waals surface area contributed by atoms with E-state index in [4.69, 9.17) is 17.2 Å². The molecule has 1 aromatic carbocycles. The molecule has 0 radical (unpaired) electrons. The zero-order chi connectivity index (χ0) is 18.0. The second kappa shape index (κ2) is 6.53. The molecule has 2 rings (SSSR count). The lowest BCUT2D eigenvalue weighted by molar-refractivity contribution is -0.111. The maximum atomic E-state index is 13.4. The molecule has 8 heteroatoms. The van der Waals surface area contributed by atoms with Crippen LogP contribution in [0, 0.1) is 19.7 Å². The Morgan fingerprint density at radius 3 is 2.54 bits per heavy atom. The van der Waals surface area contributed by atoms with Gasteiger partial charge in [-0.25, -0.2) is 9.38 Å². The molecule has 7 nitrogen and oxygen atoms in total. The Kier molecular flexibility index (Phi) is 4.68. The SMILES string of the molecule is Cc1c(C(N)=CC(=Nc2cc(C)n(C)n2)C(N)=O)ccc(F)c1N. The van der Waals surface area contributed by atoms with Gasteiger partial charge in [0.2, 0.25) is 0 Å². The van der Waals surface area contributed by atoms with Crippen LogP contribution < -0.4 is 17.2 Å². The fourth-order valence-electron chi connectivity index (χ4n) is 2.11. The summed E-state index contributed by atoms with van der Waals surface area (Å²) in [4.78, 5) is 15.8. The van der Waals surface area contributed by atoms with Crippen molar-refractivity contribution in [1.29, 1.82) is 0 Å². The number of rotatable bonds is 4. The number of anilines is 1. The van der Waals surface area contributed by atoms with Gasteiger partial charge in [0.05, 0.1) is 5.69 Å². The smallest absolute Gasteiger partial charge is 0.267 e. The Morgan fingerprint density at radius 1 is 1.33 bits per heavy atom. The Hall–Kier alpha value is -3.16. The van der Waals surface area contributed by atoms with Gasteiger partial charge in [-0.05, 0) is 37.6 Å². The number of nitrogens with two attached hydrogens (primary N) is 3. The molecule has 0 saturated heterocycles. The van der Waals surface area contributed by atoms with Gasteiger partial charge in [-0.15, -0.1) is 0 Å². The van der Waals surface area contributed by atoms with E-state index in [1.54, 1.807) is 24.7 Å². The van der Waals surface area contributed by atoms with E-state index in [1.165, 1.54) is 18.2 Å². The minimum Gasteiger partial charge on any atom is -0.398 e. The quantitative estimate of drug-likeness (QED) is 0.577. The summed E-state index contributed by atoms with van der Waals surface area (Å²) < 4.78 is 15.1. The zero-order valence-electron chi connectivity index (χ0n) is 13.7. The topological polar surface area (TPSA) is 125 Å². The molecule has 2 aromatic rings. The lowest BCUT2D eigenvalue weighted by atomic mass is 10.0. The summed E-state index contributed by atoms with van der Waals surface area (Å²) in [6, 6.07) is 4.39. The molecule has 0 aliphatic heterocycles. The van der Waals surface area contributed by atoms with Crippen LogP contribution in [0.5, 0.6) is 0 Å². The molecule has 126 valence electrons.